The normalized spacial score (nSPS) is 9.44. The Kier molecular flexibility index (Phi) is 3.43. The number of allylic oxidation sites excluding steroid dienone is 1. The third-order valence-corrected chi connectivity index (χ3v) is 0.677. The quantitative estimate of drug-likeness (QED) is 0.285. The summed E-state index contributed by atoms with van der Waals surface area (Å²) in [6.07, 6.45) is 2.96. The Morgan fingerprint density at radius 2 is 2.22 bits per heavy atom. The lowest BCUT2D eigenvalue weighted by Gasteiger charge is -2.02. The van der Waals surface area contributed by atoms with E-state index in [1.165, 1.54) is 12.2 Å². The Labute approximate surface area is 54.8 Å². The molecule has 0 aliphatic carbocycles. The van der Waals surface area contributed by atoms with Gasteiger partial charge in [0.1, 0.15) is 0 Å². The molecule has 0 N–H and O–H groups in total. The topological polar surface area (TPSA) is 37.4 Å². The zero-order chi connectivity index (χ0) is 7.28. The van der Waals surface area contributed by atoms with Crippen LogP contribution in [0, 0.1) is 0 Å². The fourth-order valence-electron chi connectivity index (χ4n) is 0.281. The van der Waals surface area contributed by atoms with E-state index in [1.807, 2.05) is 0 Å². The van der Waals surface area contributed by atoms with Gasteiger partial charge in [0.15, 0.2) is 0 Å². The van der Waals surface area contributed by atoms with Crippen LogP contribution in [0.25, 0.3) is 0 Å². The predicted octanol–water partition coefficient (Wildman–Crippen LogP) is -0.369. The largest absolute Gasteiger partial charge is 0.340 e. The van der Waals surface area contributed by atoms with Crippen LogP contribution in [0.1, 0.15) is 6.92 Å². The Hall–Kier alpha value is -1.06. The highest BCUT2D eigenvalue weighted by atomic mass is 16.2. The molecule has 2 radical (unpaired) electrons. The van der Waals surface area contributed by atoms with E-state index in [4.69, 9.17) is 7.98 Å². The molecule has 0 bridgehead atoms. The minimum Gasteiger partial charge on any atom is -0.340 e. The van der Waals surface area contributed by atoms with Gasteiger partial charge < -0.3 is 4.81 Å². The zero-order valence-corrected chi connectivity index (χ0v) is 5.07. The van der Waals surface area contributed by atoms with Gasteiger partial charge >= 0.3 is 0 Å². The van der Waals surface area contributed by atoms with Crippen LogP contribution in [-0.4, -0.2) is 25.1 Å². The molecular weight excluding hydrogens is 117 g/mol. The van der Waals surface area contributed by atoms with E-state index in [0.717, 1.165) is 0 Å². The number of carbonyl (C=O) groups excluding carboxylic acids is 2. The second-order valence-electron chi connectivity index (χ2n) is 1.35. The van der Waals surface area contributed by atoms with Gasteiger partial charge in [-0.3, -0.25) is 9.59 Å². The van der Waals surface area contributed by atoms with Crippen molar-refractivity contribution in [3.8, 4) is 0 Å². The third-order valence-electron chi connectivity index (χ3n) is 0.677. The first-order valence-electron chi connectivity index (χ1n) is 2.38. The van der Waals surface area contributed by atoms with Crippen LogP contribution >= 0.6 is 0 Å². The maximum atomic E-state index is 10.5. The van der Waals surface area contributed by atoms with E-state index < -0.39 is 5.91 Å². The van der Waals surface area contributed by atoms with Gasteiger partial charge in [0.25, 0.3) is 0 Å². The average Bonchev–Trinajstić information content (AvgIpc) is 1.87. The van der Waals surface area contributed by atoms with E-state index in [2.05, 4.69) is 0 Å². The molecule has 0 rings (SSSR count). The molecule has 4 heteroatoms. The lowest BCUT2D eigenvalue weighted by Crippen LogP contribution is -2.24. The Balaban J connectivity index is 3.87. The fraction of sp³-hybridized carbons (Fsp3) is 0.200. The SMILES string of the molecule is [B]N(C=O)C(=O)/C=C\C. The van der Waals surface area contributed by atoms with Gasteiger partial charge in [0, 0.05) is 0 Å². The van der Waals surface area contributed by atoms with Gasteiger partial charge in [-0.2, -0.15) is 0 Å². The molecule has 0 spiro atoms. The Morgan fingerprint density at radius 3 is 2.56 bits per heavy atom. The van der Waals surface area contributed by atoms with Crippen LogP contribution < -0.4 is 0 Å². The molecule has 0 heterocycles. The Bertz CT molecular complexity index is 144. The fourth-order valence-corrected chi connectivity index (χ4v) is 0.281. The molecule has 0 saturated carbocycles. The minimum atomic E-state index is -0.521. The van der Waals surface area contributed by atoms with Gasteiger partial charge in [-0.15, -0.1) is 0 Å². The Morgan fingerprint density at radius 1 is 1.67 bits per heavy atom. The average molecular weight is 123 g/mol. The monoisotopic (exact) mass is 123 g/mol. The maximum absolute atomic E-state index is 10.5. The lowest BCUT2D eigenvalue weighted by molar-refractivity contribution is -0.128. The summed E-state index contributed by atoms with van der Waals surface area (Å²) in [5, 5.41) is 0. The summed E-state index contributed by atoms with van der Waals surface area (Å²) in [6, 6.07) is 0. The highest BCUT2D eigenvalue weighted by molar-refractivity contribution is 6.22. The first-order chi connectivity index (χ1) is 4.22. The molecule has 0 atom stereocenters. The van der Waals surface area contributed by atoms with Crippen molar-refractivity contribution < 1.29 is 9.59 Å². The van der Waals surface area contributed by atoms with Crippen molar-refractivity contribution >= 4 is 20.3 Å². The van der Waals surface area contributed by atoms with Crippen LogP contribution in [0.2, 0.25) is 0 Å². The molecule has 2 amide bonds. The van der Waals surface area contributed by atoms with E-state index in [0.29, 0.717) is 4.81 Å². The highest BCUT2D eigenvalue weighted by Crippen LogP contribution is 1.79. The van der Waals surface area contributed by atoms with Crippen molar-refractivity contribution in [3.05, 3.63) is 12.2 Å². The van der Waals surface area contributed by atoms with Crippen molar-refractivity contribution in [1.29, 1.82) is 0 Å². The van der Waals surface area contributed by atoms with Crippen molar-refractivity contribution in [2.24, 2.45) is 0 Å². The molecule has 0 aromatic carbocycles. The van der Waals surface area contributed by atoms with Crippen molar-refractivity contribution in [2.45, 2.75) is 6.92 Å². The molecule has 0 aliphatic heterocycles. The maximum Gasteiger partial charge on any atom is 0.242 e. The van der Waals surface area contributed by atoms with Gasteiger partial charge in [-0.05, 0) is 13.0 Å². The van der Waals surface area contributed by atoms with Crippen molar-refractivity contribution in [3.63, 3.8) is 0 Å². The smallest absolute Gasteiger partial charge is 0.242 e. The summed E-state index contributed by atoms with van der Waals surface area (Å²) in [7, 11) is 4.87. The van der Waals surface area contributed by atoms with Gasteiger partial charge in [-0.1, -0.05) is 6.08 Å². The molecular formula is C5H6BNO2. The van der Waals surface area contributed by atoms with Gasteiger partial charge in [0.2, 0.25) is 20.3 Å². The van der Waals surface area contributed by atoms with E-state index in [9.17, 15) is 9.59 Å². The second kappa shape index (κ2) is 3.89. The number of hydrogen-bond donors (Lipinski definition) is 0. The predicted molar refractivity (Wildman–Crippen MR) is 33.5 cm³/mol. The molecule has 0 saturated heterocycles. The number of nitrogens with zero attached hydrogens (tertiary/aromatic N) is 1. The lowest BCUT2D eigenvalue weighted by atomic mass is 10.3. The van der Waals surface area contributed by atoms with Crippen LogP contribution in [0.15, 0.2) is 12.2 Å². The van der Waals surface area contributed by atoms with Crippen molar-refractivity contribution in [1.82, 2.24) is 4.81 Å². The minimum absolute atomic E-state index is 0.252. The molecule has 3 nitrogen and oxygen atoms in total. The summed E-state index contributed by atoms with van der Waals surface area (Å²) in [6.45, 7) is 1.66. The molecule has 0 unspecified atom stereocenters. The van der Waals surface area contributed by atoms with E-state index >= 15 is 0 Å². The summed E-state index contributed by atoms with van der Waals surface area (Å²) in [4.78, 5) is 20.7. The number of rotatable bonds is 2. The number of hydrogen-bond acceptors (Lipinski definition) is 2. The van der Waals surface area contributed by atoms with E-state index in [-0.39, 0.29) is 6.41 Å². The van der Waals surface area contributed by atoms with Crippen LogP contribution in [-0.2, 0) is 9.59 Å². The van der Waals surface area contributed by atoms with Crippen LogP contribution in [0.4, 0.5) is 0 Å². The third kappa shape index (κ3) is 2.69. The summed E-state index contributed by atoms with van der Waals surface area (Å²) in [5.41, 5.74) is 0. The molecule has 0 aliphatic rings. The number of imide groups is 1. The summed E-state index contributed by atoms with van der Waals surface area (Å²) < 4.78 is 0. The highest BCUT2D eigenvalue weighted by Gasteiger charge is 1.98. The van der Waals surface area contributed by atoms with Gasteiger partial charge in [-0.25, -0.2) is 0 Å². The van der Waals surface area contributed by atoms with Gasteiger partial charge in [0.05, 0.1) is 0 Å². The van der Waals surface area contributed by atoms with E-state index in [1.54, 1.807) is 6.92 Å². The molecule has 0 aromatic heterocycles. The molecule has 0 aromatic rings. The molecule has 46 valence electrons. The second-order valence-corrected chi connectivity index (χ2v) is 1.35. The number of carbonyl (C=O) groups is 2. The first-order valence-corrected chi connectivity index (χ1v) is 2.38. The zero-order valence-electron chi connectivity index (χ0n) is 5.07. The first kappa shape index (κ1) is 7.94. The molecule has 0 fully saturated rings. The van der Waals surface area contributed by atoms with Crippen LogP contribution in [0.5, 0.6) is 0 Å². The molecule has 9 heavy (non-hydrogen) atoms. The summed E-state index contributed by atoms with van der Waals surface area (Å²) in [5.74, 6) is -0.521. The summed E-state index contributed by atoms with van der Waals surface area (Å²) >= 11 is 0. The van der Waals surface area contributed by atoms with Crippen LogP contribution in [0.3, 0.4) is 0 Å². The van der Waals surface area contributed by atoms with Crippen molar-refractivity contribution in [2.75, 3.05) is 0 Å². The standard InChI is InChI=1S/C5H6BNO2/c1-2-3-5(9)7(6)4-8/h2-4H,1H3/b3-2-. The number of amides is 2.